The van der Waals surface area contributed by atoms with Gasteiger partial charge in [-0.15, -0.1) is 0 Å². The van der Waals surface area contributed by atoms with E-state index in [9.17, 15) is 5.11 Å². The lowest BCUT2D eigenvalue weighted by atomic mass is 9.74. The van der Waals surface area contributed by atoms with Crippen molar-refractivity contribution in [2.45, 2.75) is 71.6 Å². The van der Waals surface area contributed by atoms with Gasteiger partial charge in [0.2, 0.25) is 0 Å². The van der Waals surface area contributed by atoms with Gasteiger partial charge in [-0.25, -0.2) is 0 Å². The SMILES string of the molecule is CC(C)(C)c1ccc(CCCc2ccccc2)c(O)c1C(C)(C)C. The van der Waals surface area contributed by atoms with Gasteiger partial charge in [0.15, 0.2) is 0 Å². The number of hydrogen-bond acceptors (Lipinski definition) is 1. The normalized spacial score (nSPS) is 12.4. The zero-order chi connectivity index (χ0) is 18.0. The van der Waals surface area contributed by atoms with E-state index in [0.717, 1.165) is 30.4 Å². The molecule has 0 aliphatic heterocycles. The third-order valence-electron chi connectivity index (χ3n) is 4.57. The first kappa shape index (κ1) is 18.6. The molecule has 0 spiro atoms. The lowest BCUT2D eigenvalue weighted by molar-refractivity contribution is 0.429. The van der Waals surface area contributed by atoms with E-state index >= 15 is 0 Å². The smallest absolute Gasteiger partial charge is 0.122 e. The number of hydrogen-bond donors (Lipinski definition) is 1. The molecular formula is C23H32O. The molecule has 0 aromatic heterocycles. The van der Waals surface area contributed by atoms with Crippen molar-refractivity contribution >= 4 is 0 Å². The largest absolute Gasteiger partial charge is 0.507 e. The molecule has 24 heavy (non-hydrogen) atoms. The first-order chi connectivity index (χ1) is 11.1. The maximum atomic E-state index is 11.0. The van der Waals surface area contributed by atoms with Crippen molar-refractivity contribution in [3.63, 3.8) is 0 Å². The van der Waals surface area contributed by atoms with E-state index in [4.69, 9.17) is 0 Å². The Morgan fingerprint density at radius 2 is 1.38 bits per heavy atom. The van der Waals surface area contributed by atoms with Gasteiger partial charge in [0, 0.05) is 5.56 Å². The molecule has 0 bridgehead atoms. The Bertz CT molecular complexity index is 670. The van der Waals surface area contributed by atoms with E-state index in [-0.39, 0.29) is 10.8 Å². The van der Waals surface area contributed by atoms with Crippen LogP contribution < -0.4 is 0 Å². The third kappa shape index (κ3) is 4.41. The summed E-state index contributed by atoms with van der Waals surface area (Å²) in [4.78, 5) is 0. The average molecular weight is 325 g/mol. The van der Waals surface area contributed by atoms with Gasteiger partial charge in [-0.1, -0.05) is 84.0 Å². The topological polar surface area (TPSA) is 20.2 Å². The summed E-state index contributed by atoms with van der Waals surface area (Å²) in [5.41, 5.74) is 4.75. The van der Waals surface area contributed by atoms with Gasteiger partial charge in [-0.2, -0.15) is 0 Å². The minimum absolute atomic E-state index is 0.0304. The molecule has 1 nitrogen and oxygen atoms in total. The summed E-state index contributed by atoms with van der Waals surface area (Å²) in [5, 5.41) is 11.0. The summed E-state index contributed by atoms with van der Waals surface area (Å²) in [5.74, 6) is 0.503. The van der Waals surface area contributed by atoms with Crippen molar-refractivity contribution in [2.24, 2.45) is 0 Å². The fourth-order valence-electron chi connectivity index (χ4n) is 3.35. The molecule has 0 aliphatic carbocycles. The number of aromatic hydroxyl groups is 1. The lowest BCUT2D eigenvalue weighted by Crippen LogP contribution is -2.22. The van der Waals surface area contributed by atoms with Crippen molar-refractivity contribution in [2.75, 3.05) is 0 Å². The minimum Gasteiger partial charge on any atom is -0.507 e. The molecule has 0 amide bonds. The zero-order valence-corrected chi connectivity index (χ0v) is 16.1. The second-order valence-electron chi connectivity index (χ2n) is 8.84. The van der Waals surface area contributed by atoms with Crippen molar-refractivity contribution in [1.82, 2.24) is 0 Å². The third-order valence-corrected chi connectivity index (χ3v) is 4.57. The Morgan fingerprint density at radius 1 is 0.750 bits per heavy atom. The highest BCUT2D eigenvalue weighted by atomic mass is 16.3. The van der Waals surface area contributed by atoms with Gasteiger partial charge in [-0.05, 0) is 46.8 Å². The van der Waals surface area contributed by atoms with Crippen LogP contribution in [-0.2, 0) is 23.7 Å². The molecule has 1 N–H and O–H groups in total. The summed E-state index contributed by atoms with van der Waals surface area (Å²) in [7, 11) is 0. The monoisotopic (exact) mass is 324 g/mol. The summed E-state index contributed by atoms with van der Waals surface area (Å²) in [6, 6.07) is 14.9. The Kier molecular flexibility index (Phi) is 5.42. The summed E-state index contributed by atoms with van der Waals surface area (Å²) >= 11 is 0. The fraction of sp³-hybridized carbons (Fsp3) is 0.478. The fourth-order valence-corrected chi connectivity index (χ4v) is 3.35. The van der Waals surface area contributed by atoms with E-state index < -0.39 is 0 Å². The number of phenols is 1. The van der Waals surface area contributed by atoms with Gasteiger partial charge < -0.3 is 5.11 Å². The second-order valence-corrected chi connectivity index (χ2v) is 8.84. The van der Waals surface area contributed by atoms with Gasteiger partial charge in [-0.3, -0.25) is 0 Å². The molecule has 0 atom stereocenters. The molecule has 2 aromatic carbocycles. The maximum Gasteiger partial charge on any atom is 0.122 e. The van der Waals surface area contributed by atoms with E-state index in [2.05, 4.69) is 84.0 Å². The molecule has 0 saturated carbocycles. The molecule has 0 radical (unpaired) electrons. The average Bonchev–Trinajstić information content (AvgIpc) is 2.47. The van der Waals surface area contributed by atoms with Crippen LogP contribution in [0.5, 0.6) is 5.75 Å². The van der Waals surface area contributed by atoms with Crippen LogP contribution in [0, 0.1) is 0 Å². The highest BCUT2D eigenvalue weighted by Gasteiger charge is 2.29. The summed E-state index contributed by atoms with van der Waals surface area (Å²) < 4.78 is 0. The van der Waals surface area contributed by atoms with E-state index in [1.165, 1.54) is 11.1 Å². The summed E-state index contributed by atoms with van der Waals surface area (Å²) in [6.45, 7) is 13.2. The second kappa shape index (κ2) is 7.01. The predicted octanol–water partition coefficient (Wildman–Crippen LogP) is 6.16. The molecular weight excluding hydrogens is 292 g/mol. The van der Waals surface area contributed by atoms with Crippen LogP contribution in [0.15, 0.2) is 42.5 Å². The van der Waals surface area contributed by atoms with Crippen molar-refractivity contribution in [3.8, 4) is 5.75 Å². The molecule has 2 rings (SSSR count). The van der Waals surface area contributed by atoms with Gasteiger partial charge in [0.1, 0.15) is 5.75 Å². The van der Waals surface area contributed by atoms with Gasteiger partial charge >= 0.3 is 0 Å². The Hall–Kier alpha value is -1.76. The highest BCUT2D eigenvalue weighted by molar-refractivity contribution is 5.51. The van der Waals surface area contributed by atoms with Crippen LogP contribution in [0.25, 0.3) is 0 Å². The number of benzene rings is 2. The predicted molar refractivity (Wildman–Crippen MR) is 104 cm³/mol. The molecule has 0 aliphatic rings. The van der Waals surface area contributed by atoms with Crippen molar-refractivity contribution in [1.29, 1.82) is 0 Å². The quantitative estimate of drug-likeness (QED) is 0.713. The van der Waals surface area contributed by atoms with Crippen molar-refractivity contribution < 1.29 is 5.11 Å². The van der Waals surface area contributed by atoms with E-state index in [1.54, 1.807) is 0 Å². The first-order valence-corrected chi connectivity index (χ1v) is 9.00. The standard InChI is InChI=1S/C23H32O/c1-22(2,3)19-16-15-18(21(24)20(19)23(4,5)6)14-10-13-17-11-8-7-9-12-17/h7-9,11-12,15-16,24H,10,13-14H2,1-6H3. The van der Waals surface area contributed by atoms with E-state index in [0.29, 0.717) is 5.75 Å². The lowest BCUT2D eigenvalue weighted by Gasteiger charge is -2.31. The highest BCUT2D eigenvalue weighted by Crippen LogP contribution is 2.41. The van der Waals surface area contributed by atoms with Gasteiger partial charge in [0.05, 0.1) is 0 Å². The van der Waals surface area contributed by atoms with Crippen molar-refractivity contribution in [3.05, 3.63) is 64.7 Å². The Labute approximate surface area is 147 Å². The molecule has 2 aromatic rings. The molecule has 0 saturated heterocycles. The first-order valence-electron chi connectivity index (χ1n) is 9.00. The van der Waals surface area contributed by atoms with Crippen LogP contribution >= 0.6 is 0 Å². The summed E-state index contributed by atoms with van der Waals surface area (Å²) in [6.07, 6.45) is 3.01. The number of aryl methyl sites for hydroxylation is 2. The zero-order valence-electron chi connectivity index (χ0n) is 16.1. The molecule has 1 heteroatoms. The maximum absolute atomic E-state index is 11.0. The van der Waals surface area contributed by atoms with Crippen LogP contribution in [0.4, 0.5) is 0 Å². The van der Waals surface area contributed by atoms with Crippen LogP contribution in [0.3, 0.4) is 0 Å². The Morgan fingerprint density at radius 3 is 1.92 bits per heavy atom. The van der Waals surface area contributed by atoms with E-state index in [1.807, 2.05) is 0 Å². The number of phenolic OH excluding ortho intramolecular Hbond substituents is 1. The minimum atomic E-state index is -0.0673. The Balaban J connectivity index is 2.26. The molecule has 130 valence electrons. The van der Waals surface area contributed by atoms with Crippen LogP contribution in [0.1, 0.15) is 70.2 Å². The molecule has 0 fully saturated rings. The number of rotatable bonds is 4. The van der Waals surface area contributed by atoms with Crippen LogP contribution in [-0.4, -0.2) is 5.11 Å². The van der Waals surface area contributed by atoms with Gasteiger partial charge in [0.25, 0.3) is 0 Å². The molecule has 0 heterocycles. The molecule has 0 unspecified atom stereocenters. The van der Waals surface area contributed by atoms with Crippen LogP contribution in [0.2, 0.25) is 0 Å².